The summed E-state index contributed by atoms with van der Waals surface area (Å²) in [6.45, 7) is 0. The van der Waals surface area contributed by atoms with Crippen LogP contribution in [0, 0.1) is 0 Å². The van der Waals surface area contributed by atoms with Crippen LogP contribution in [0.4, 0.5) is 5.69 Å². The predicted molar refractivity (Wildman–Crippen MR) is 99.0 cm³/mol. The highest BCUT2D eigenvalue weighted by atomic mass is 16.5. The molecule has 0 radical (unpaired) electrons. The van der Waals surface area contributed by atoms with Crippen molar-refractivity contribution in [1.29, 1.82) is 0 Å². The molecule has 1 N–H and O–H groups in total. The van der Waals surface area contributed by atoms with Gasteiger partial charge in [0.2, 0.25) is 11.7 Å². The first kappa shape index (κ1) is 17.3. The van der Waals surface area contributed by atoms with Gasteiger partial charge in [0.25, 0.3) is 0 Å². The number of fused-ring (bicyclic) bond motifs is 1. The number of ether oxygens (including phenoxy) is 3. The third kappa shape index (κ3) is 3.46. The van der Waals surface area contributed by atoms with Gasteiger partial charge < -0.3 is 23.9 Å². The molecule has 0 aliphatic rings. The molecule has 0 fully saturated rings. The summed E-state index contributed by atoms with van der Waals surface area (Å²) in [5.41, 5.74) is 2.16. The summed E-state index contributed by atoms with van der Waals surface area (Å²) >= 11 is 0. The maximum atomic E-state index is 12.3. The van der Waals surface area contributed by atoms with Crippen LogP contribution >= 0.6 is 0 Å². The molecule has 3 aromatic rings. The molecular weight excluding hydrogens is 334 g/mol. The number of methoxy groups -OCH3 is 3. The molecule has 3 rings (SSSR count). The zero-order valence-electron chi connectivity index (χ0n) is 14.7. The van der Waals surface area contributed by atoms with Crippen molar-refractivity contribution in [2.75, 3.05) is 26.6 Å². The number of hydrogen-bond acceptors (Lipinski definition) is 5. The Hall–Kier alpha value is -3.48. The second-order valence-electron chi connectivity index (χ2n) is 5.35. The van der Waals surface area contributed by atoms with Crippen LogP contribution in [-0.4, -0.2) is 36.6 Å². The van der Waals surface area contributed by atoms with Crippen molar-refractivity contribution in [3.05, 3.63) is 54.5 Å². The van der Waals surface area contributed by atoms with E-state index in [1.807, 2.05) is 28.8 Å². The van der Waals surface area contributed by atoms with Gasteiger partial charge in [0.05, 0.1) is 33.2 Å². The van der Waals surface area contributed by atoms with Crippen LogP contribution in [0.5, 0.6) is 17.2 Å². The van der Waals surface area contributed by atoms with Gasteiger partial charge in [-0.2, -0.15) is 0 Å². The van der Waals surface area contributed by atoms with Crippen molar-refractivity contribution in [3.8, 4) is 17.2 Å². The van der Waals surface area contributed by atoms with Gasteiger partial charge in [0, 0.05) is 30.1 Å². The van der Waals surface area contributed by atoms with E-state index in [9.17, 15) is 4.79 Å². The molecule has 134 valence electrons. The zero-order valence-corrected chi connectivity index (χ0v) is 14.7. The molecule has 1 amide bonds. The van der Waals surface area contributed by atoms with Gasteiger partial charge in [-0.3, -0.25) is 4.79 Å². The number of pyridine rings is 1. The van der Waals surface area contributed by atoms with Crippen LogP contribution in [0.15, 0.2) is 48.8 Å². The van der Waals surface area contributed by atoms with Gasteiger partial charge in [0.15, 0.2) is 11.5 Å². The first-order valence-electron chi connectivity index (χ1n) is 7.87. The lowest BCUT2D eigenvalue weighted by Gasteiger charge is -2.14. The zero-order chi connectivity index (χ0) is 18.5. The predicted octanol–water partition coefficient (Wildman–Crippen LogP) is 3.01. The summed E-state index contributed by atoms with van der Waals surface area (Å²) in [6, 6.07) is 9.05. The van der Waals surface area contributed by atoms with E-state index in [0.29, 0.717) is 22.9 Å². The number of anilines is 1. The maximum absolute atomic E-state index is 12.3. The molecule has 2 aromatic heterocycles. The Labute approximate surface area is 150 Å². The average Bonchev–Trinajstić information content (AvgIpc) is 3.08. The highest BCUT2D eigenvalue weighted by molar-refractivity contribution is 6.02. The topological polar surface area (TPSA) is 74.1 Å². The summed E-state index contributed by atoms with van der Waals surface area (Å²) in [5, 5.41) is 2.78. The monoisotopic (exact) mass is 353 g/mol. The van der Waals surface area contributed by atoms with E-state index in [1.165, 1.54) is 27.4 Å². The van der Waals surface area contributed by atoms with Crippen molar-refractivity contribution in [3.63, 3.8) is 0 Å². The number of nitrogens with one attached hydrogen (secondary N) is 1. The summed E-state index contributed by atoms with van der Waals surface area (Å²) in [4.78, 5) is 16.5. The molecule has 7 nitrogen and oxygen atoms in total. The van der Waals surface area contributed by atoms with E-state index in [0.717, 1.165) is 11.3 Å². The number of rotatable bonds is 6. The summed E-state index contributed by atoms with van der Waals surface area (Å²) < 4.78 is 17.7. The van der Waals surface area contributed by atoms with Crippen LogP contribution in [0.3, 0.4) is 0 Å². The minimum Gasteiger partial charge on any atom is -0.493 e. The van der Waals surface area contributed by atoms with Crippen LogP contribution < -0.4 is 19.5 Å². The van der Waals surface area contributed by atoms with E-state index in [2.05, 4.69) is 10.3 Å². The Morgan fingerprint density at radius 2 is 1.85 bits per heavy atom. The molecular formula is C19H19N3O4. The lowest BCUT2D eigenvalue weighted by molar-refractivity contribution is -0.111. The van der Waals surface area contributed by atoms with Crippen molar-refractivity contribution < 1.29 is 19.0 Å². The summed E-state index contributed by atoms with van der Waals surface area (Å²) in [6.07, 6.45) is 6.74. The average molecular weight is 353 g/mol. The molecule has 7 heteroatoms. The van der Waals surface area contributed by atoms with Crippen molar-refractivity contribution in [2.24, 2.45) is 0 Å². The highest BCUT2D eigenvalue weighted by Crippen LogP contribution is 2.39. The molecule has 2 heterocycles. The van der Waals surface area contributed by atoms with E-state index in [4.69, 9.17) is 14.2 Å². The maximum Gasteiger partial charge on any atom is 0.248 e. The molecule has 0 saturated carbocycles. The Kier molecular flexibility index (Phi) is 5.07. The number of hydrogen-bond donors (Lipinski definition) is 1. The Bertz CT molecular complexity index is 937. The van der Waals surface area contributed by atoms with Crippen LogP contribution in [0.2, 0.25) is 0 Å². The fourth-order valence-electron chi connectivity index (χ4n) is 2.57. The molecule has 0 aliphatic heterocycles. The summed E-state index contributed by atoms with van der Waals surface area (Å²) in [7, 11) is 4.57. The van der Waals surface area contributed by atoms with Gasteiger partial charge in [0.1, 0.15) is 5.65 Å². The van der Waals surface area contributed by atoms with E-state index < -0.39 is 0 Å². The Morgan fingerprint density at radius 1 is 1.12 bits per heavy atom. The lowest BCUT2D eigenvalue weighted by Crippen LogP contribution is -2.08. The van der Waals surface area contributed by atoms with E-state index in [1.54, 1.807) is 24.4 Å². The molecule has 26 heavy (non-hydrogen) atoms. The second kappa shape index (κ2) is 7.60. The molecule has 1 aromatic carbocycles. The standard InChI is InChI=1S/C19H19N3O4/c1-24-15-10-13(11-16(25-2)19(15)26-3)21-18(23)8-7-14-12-20-17-6-4-5-9-22(14)17/h4-12H,1-3H3,(H,21,23)/b8-7+. The number of carbonyl (C=O) groups excluding carboxylic acids is 1. The number of amides is 1. The largest absolute Gasteiger partial charge is 0.493 e. The third-order valence-corrected chi connectivity index (χ3v) is 3.78. The van der Waals surface area contributed by atoms with Gasteiger partial charge in [-0.1, -0.05) is 6.07 Å². The van der Waals surface area contributed by atoms with Gasteiger partial charge >= 0.3 is 0 Å². The minimum atomic E-state index is -0.287. The third-order valence-electron chi connectivity index (χ3n) is 3.78. The summed E-state index contributed by atoms with van der Waals surface area (Å²) in [5.74, 6) is 1.11. The molecule has 0 aliphatic carbocycles. The smallest absolute Gasteiger partial charge is 0.248 e. The van der Waals surface area contributed by atoms with Crippen molar-refractivity contribution >= 4 is 23.3 Å². The van der Waals surface area contributed by atoms with Gasteiger partial charge in [-0.15, -0.1) is 0 Å². The van der Waals surface area contributed by atoms with Crippen LogP contribution in [0.1, 0.15) is 5.69 Å². The fraction of sp³-hybridized carbons (Fsp3) is 0.158. The fourth-order valence-corrected chi connectivity index (χ4v) is 2.57. The van der Waals surface area contributed by atoms with Gasteiger partial charge in [-0.05, 0) is 18.2 Å². The lowest BCUT2D eigenvalue weighted by atomic mass is 10.2. The van der Waals surface area contributed by atoms with Crippen molar-refractivity contribution in [1.82, 2.24) is 9.38 Å². The quantitative estimate of drug-likeness (QED) is 0.690. The number of imidazole rings is 1. The second-order valence-corrected chi connectivity index (χ2v) is 5.35. The van der Waals surface area contributed by atoms with E-state index in [-0.39, 0.29) is 5.91 Å². The number of nitrogens with zero attached hydrogens (tertiary/aromatic N) is 2. The number of carbonyl (C=O) groups is 1. The highest BCUT2D eigenvalue weighted by Gasteiger charge is 2.14. The molecule has 0 unspecified atom stereocenters. The van der Waals surface area contributed by atoms with Crippen molar-refractivity contribution in [2.45, 2.75) is 0 Å². The first-order chi connectivity index (χ1) is 12.7. The SMILES string of the molecule is COc1cc(NC(=O)/C=C/c2cnc3ccccn23)cc(OC)c1OC. The minimum absolute atomic E-state index is 0.287. The molecule has 0 atom stereocenters. The normalized spacial score (nSPS) is 10.9. The number of benzene rings is 1. The Morgan fingerprint density at radius 3 is 2.50 bits per heavy atom. The molecule has 0 bridgehead atoms. The Balaban J connectivity index is 1.79. The first-order valence-corrected chi connectivity index (χ1v) is 7.87. The molecule has 0 saturated heterocycles. The van der Waals surface area contributed by atoms with E-state index >= 15 is 0 Å². The van der Waals surface area contributed by atoms with Crippen LogP contribution in [0.25, 0.3) is 11.7 Å². The molecule has 0 spiro atoms. The van der Waals surface area contributed by atoms with Crippen LogP contribution in [-0.2, 0) is 4.79 Å². The van der Waals surface area contributed by atoms with Gasteiger partial charge in [-0.25, -0.2) is 4.98 Å². The number of aromatic nitrogens is 2.